The molecule has 8 nitrogen and oxygen atoms in total. The van der Waals surface area contributed by atoms with E-state index in [2.05, 4.69) is 5.32 Å². The highest BCUT2D eigenvalue weighted by molar-refractivity contribution is 7.10. The Hall–Kier alpha value is -2.91. The fourth-order valence-corrected chi connectivity index (χ4v) is 5.34. The Balaban J connectivity index is 1.53. The van der Waals surface area contributed by atoms with Crippen LogP contribution in [0.4, 0.5) is 0 Å². The molecule has 1 spiro atoms. The lowest BCUT2D eigenvalue weighted by atomic mass is 9.96. The SMILES string of the molecule is COc1ccc(C(=O)N2C(C(=O)NCC(C)C)COC23CCN(C(=O)Cc2cccs2)CC3)cc1. The molecular weight excluding hydrogens is 466 g/mol. The van der Waals surface area contributed by atoms with Crippen molar-refractivity contribution in [3.63, 3.8) is 0 Å². The van der Waals surface area contributed by atoms with E-state index in [1.54, 1.807) is 47.6 Å². The number of carbonyl (C=O) groups excluding carboxylic acids is 3. The molecule has 0 radical (unpaired) electrons. The van der Waals surface area contributed by atoms with Crippen molar-refractivity contribution in [2.75, 3.05) is 33.4 Å². The predicted molar refractivity (Wildman–Crippen MR) is 133 cm³/mol. The number of nitrogens with zero attached hydrogens (tertiary/aromatic N) is 2. The van der Waals surface area contributed by atoms with Gasteiger partial charge in [-0.1, -0.05) is 19.9 Å². The largest absolute Gasteiger partial charge is 0.497 e. The summed E-state index contributed by atoms with van der Waals surface area (Å²) in [6.07, 6.45) is 1.29. The molecular formula is C26H33N3O5S. The van der Waals surface area contributed by atoms with E-state index >= 15 is 0 Å². The summed E-state index contributed by atoms with van der Waals surface area (Å²) in [6, 6.07) is 10.1. The topological polar surface area (TPSA) is 88.2 Å². The van der Waals surface area contributed by atoms with Crippen molar-refractivity contribution in [1.29, 1.82) is 0 Å². The molecule has 1 aromatic heterocycles. The number of hydrogen-bond donors (Lipinski definition) is 1. The van der Waals surface area contributed by atoms with Crippen molar-refractivity contribution in [3.05, 3.63) is 52.2 Å². The van der Waals surface area contributed by atoms with Crippen LogP contribution in [0.3, 0.4) is 0 Å². The molecule has 9 heteroatoms. The molecule has 3 amide bonds. The number of ether oxygens (including phenoxy) is 2. The zero-order valence-electron chi connectivity index (χ0n) is 20.5. The Morgan fingerprint density at radius 2 is 1.89 bits per heavy atom. The van der Waals surface area contributed by atoms with Crippen molar-refractivity contribution in [3.8, 4) is 5.75 Å². The van der Waals surface area contributed by atoms with Gasteiger partial charge in [0.15, 0.2) is 0 Å². The summed E-state index contributed by atoms with van der Waals surface area (Å²) in [6.45, 7) is 5.65. The minimum atomic E-state index is -0.920. The maximum atomic E-state index is 13.7. The van der Waals surface area contributed by atoms with E-state index in [1.807, 2.05) is 36.3 Å². The Kier molecular flexibility index (Phi) is 7.76. The summed E-state index contributed by atoms with van der Waals surface area (Å²) in [4.78, 5) is 44.2. The van der Waals surface area contributed by atoms with Gasteiger partial charge in [-0.2, -0.15) is 0 Å². The first-order valence-corrected chi connectivity index (χ1v) is 12.9. The van der Waals surface area contributed by atoms with Crippen molar-refractivity contribution in [1.82, 2.24) is 15.1 Å². The van der Waals surface area contributed by atoms with Gasteiger partial charge in [0, 0.05) is 42.9 Å². The zero-order valence-corrected chi connectivity index (χ0v) is 21.3. The molecule has 2 aromatic rings. The van der Waals surface area contributed by atoms with Gasteiger partial charge in [-0.25, -0.2) is 0 Å². The lowest BCUT2D eigenvalue weighted by Gasteiger charge is -2.44. The van der Waals surface area contributed by atoms with Gasteiger partial charge in [0.2, 0.25) is 11.8 Å². The smallest absolute Gasteiger partial charge is 0.256 e. The Bertz CT molecular complexity index is 1030. The number of piperidine rings is 1. The number of thiophene rings is 1. The van der Waals surface area contributed by atoms with Gasteiger partial charge in [0.05, 0.1) is 20.1 Å². The second-order valence-corrected chi connectivity index (χ2v) is 10.5. The van der Waals surface area contributed by atoms with Crippen LogP contribution in [0.5, 0.6) is 5.75 Å². The highest BCUT2D eigenvalue weighted by Crippen LogP contribution is 2.39. The molecule has 1 aromatic carbocycles. The second-order valence-electron chi connectivity index (χ2n) is 9.45. The average Bonchev–Trinajstić information content (AvgIpc) is 3.50. The number of benzene rings is 1. The van der Waals surface area contributed by atoms with E-state index in [-0.39, 0.29) is 24.3 Å². The van der Waals surface area contributed by atoms with Crippen LogP contribution in [0.15, 0.2) is 41.8 Å². The van der Waals surface area contributed by atoms with E-state index in [0.29, 0.717) is 56.1 Å². The molecule has 0 aliphatic carbocycles. The van der Waals surface area contributed by atoms with Crippen molar-refractivity contribution >= 4 is 29.1 Å². The summed E-state index contributed by atoms with van der Waals surface area (Å²) < 4.78 is 11.5. The van der Waals surface area contributed by atoms with Crippen molar-refractivity contribution in [2.24, 2.45) is 5.92 Å². The number of nitrogens with one attached hydrogen (secondary N) is 1. The lowest BCUT2D eigenvalue weighted by Crippen LogP contribution is -2.60. The summed E-state index contributed by atoms with van der Waals surface area (Å²) in [5, 5.41) is 4.92. The number of rotatable bonds is 7. The molecule has 0 bridgehead atoms. The molecule has 2 saturated heterocycles. The molecule has 35 heavy (non-hydrogen) atoms. The molecule has 2 aliphatic heterocycles. The third-order valence-corrected chi connectivity index (χ3v) is 7.48. The minimum absolute atomic E-state index is 0.0690. The van der Waals surface area contributed by atoms with Gasteiger partial charge >= 0.3 is 0 Å². The Morgan fingerprint density at radius 3 is 2.49 bits per heavy atom. The molecule has 1 unspecified atom stereocenters. The number of carbonyl (C=O) groups is 3. The number of hydrogen-bond acceptors (Lipinski definition) is 6. The fraction of sp³-hybridized carbons (Fsp3) is 0.500. The molecule has 4 rings (SSSR count). The molecule has 3 heterocycles. The number of likely N-dealkylation sites (tertiary alicyclic amines) is 1. The fourth-order valence-electron chi connectivity index (χ4n) is 4.64. The number of methoxy groups -OCH3 is 1. The van der Waals surface area contributed by atoms with E-state index < -0.39 is 11.8 Å². The van der Waals surface area contributed by atoms with E-state index in [0.717, 1.165) is 4.88 Å². The highest BCUT2D eigenvalue weighted by atomic mass is 32.1. The standard InChI is InChI=1S/C26H33N3O5S/c1-18(2)16-27-24(31)22-17-34-26(29(22)25(32)19-6-8-20(33-3)9-7-19)10-12-28(13-11-26)23(30)15-21-5-4-14-35-21/h4-9,14,18,22H,10-13,15-17H2,1-3H3,(H,27,31). The van der Waals surface area contributed by atoms with E-state index in [9.17, 15) is 14.4 Å². The summed E-state index contributed by atoms with van der Waals surface area (Å²) in [5.74, 6) is 0.540. The first-order chi connectivity index (χ1) is 16.8. The van der Waals surface area contributed by atoms with Gasteiger partial charge < -0.3 is 19.7 Å². The van der Waals surface area contributed by atoms with Crippen LogP contribution >= 0.6 is 11.3 Å². The van der Waals surface area contributed by atoms with Crippen LogP contribution in [-0.2, 0) is 20.7 Å². The van der Waals surface area contributed by atoms with Crippen molar-refractivity contribution < 1.29 is 23.9 Å². The molecule has 1 atom stereocenters. The summed E-state index contributed by atoms with van der Waals surface area (Å²) in [7, 11) is 1.57. The van der Waals surface area contributed by atoms with E-state index in [4.69, 9.17) is 9.47 Å². The zero-order chi connectivity index (χ0) is 25.0. The Labute approximate surface area is 210 Å². The maximum absolute atomic E-state index is 13.7. The normalized spacial score (nSPS) is 19.3. The lowest BCUT2D eigenvalue weighted by molar-refractivity contribution is -0.143. The maximum Gasteiger partial charge on any atom is 0.256 e. The molecule has 188 valence electrons. The molecule has 2 aliphatic rings. The quantitative estimate of drug-likeness (QED) is 0.633. The van der Waals surface area contributed by atoms with Gasteiger partial charge in [0.25, 0.3) is 5.91 Å². The van der Waals surface area contributed by atoms with Crippen molar-refractivity contribution in [2.45, 2.75) is 44.9 Å². The van der Waals surface area contributed by atoms with Crippen LogP contribution in [0, 0.1) is 5.92 Å². The van der Waals surface area contributed by atoms with Crippen LogP contribution in [0.2, 0.25) is 0 Å². The van der Waals surface area contributed by atoms with Crippen LogP contribution in [0.25, 0.3) is 0 Å². The predicted octanol–water partition coefficient (Wildman–Crippen LogP) is 2.93. The summed E-state index contributed by atoms with van der Waals surface area (Å²) in [5.41, 5.74) is -0.454. The monoisotopic (exact) mass is 499 g/mol. The third-order valence-electron chi connectivity index (χ3n) is 6.61. The van der Waals surface area contributed by atoms with Gasteiger partial charge in [-0.15, -0.1) is 11.3 Å². The first kappa shape index (κ1) is 25.2. The third kappa shape index (κ3) is 5.51. The van der Waals surface area contributed by atoms with Crippen LogP contribution in [-0.4, -0.2) is 72.6 Å². The first-order valence-electron chi connectivity index (χ1n) is 12.0. The van der Waals surface area contributed by atoms with Gasteiger partial charge in [0.1, 0.15) is 17.5 Å². The van der Waals surface area contributed by atoms with Crippen LogP contribution < -0.4 is 10.1 Å². The second kappa shape index (κ2) is 10.8. The van der Waals surface area contributed by atoms with Crippen LogP contribution in [0.1, 0.15) is 41.9 Å². The highest BCUT2D eigenvalue weighted by Gasteiger charge is 2.54. The molecule has 0 saturated carbocycles. The number of amides is 3. The summed E-state index contributed by atoms with van der Waals surface area (Å²) >= 11 is 1.57. The minimum Gasteiger partial charge on any atom is -0.497 e. The molecule has 1 N–H and O–H groups in total. The Morgan fingerprint density at radius 1 is 1.17 bits per heavy atom. The van der Waals surface area contributed by atoms with Gasteiger partial charge in [-0.05, 0) is 41.6 Å². The van der Waals surface area contributed by atoms with E-state index in [1.165, 1.54) is 0 Å². The van der Waals surface area contributed by atoms with Gasteiger partial charge in [-0.3, -0.25) is 19.3 Å². The molecule has 2 fully saturated rings. The average molecular weight is 500 g/mol.